The van der Waals surface area contributed by atoms with E-state index in [0.29, 0.717) is 13.0 Å². The molecule has 1 aromatic heterocycles. The minimum absolute atomic E-state index is 0.0906. The Hall–Kier alpha value is -2.24. The molecule has 0 N–H and O–H groups in total. The number of aromatic nitrogens is 1. The van der Waals surface area contributed by atoms with Crippen LogP contribution in [0.2, 0.25) is 0 Å². The number of nitrogens with zero attached hydrogens (tertiary/aromatic N) is 3. The molecule has 3 aromatic rings. The van der Waals surface area contributed by atoms with Gasteiger partial charge in [-0.1, -0.05) is 54.7 Å². The van der Waals surface area contributed by atoms with Crippen molar-refractivity contribution >= 4 is 32.6 Å². The molecule has 0 fully saturated rings. The lowest BCUT2D eigenvalue weighted by Gasteiger charge is -2.22. The fraction of sp³-hybridized carbons (Fsp3) is 0.333. The van der Waals surface area contributed by atoms with Gasteiger partial charge in [-0.15, -0.1) is 0 Å². The van der Waals surface area contributed by atoms with Crippen molar-refractivity contribution in [3.63, 3.8) is 0 Å². The summed E-state index contributed by atoms with van der Waals surface area (Å²) in [6.45, 7) is 3.59. The summed E-state index contributed by atoms with van der Waals surface area (Å²) in [5.41, 5.74) is 3.29. The largest absolute Gasteiger partial charge is 0.308 e. The quantitative estimate of drug-likeness (QED) is 0.633. The molecule has 1 amide bonds. The van der Waals surface area contributed by atoms with E-state index in [1.165, 1.54) is 5.56 Å². The Morgan fingerprint density at radius 3 is 2.50 bits per heavy atom. The van der Waals surface area contributed by atoms with Crippen LogP contribution in [0, 0.1) is 0 Å². The summed E-state index contributed by atoms with van der Waals surface area (Å²) in [7, 11) is 4.04. The lowest BCUT2D eigenvalue weighted by molar-refractivity contribution is -0.118. The predicted molar refractivity (Wildman–Crippen MR) is 110 cm³/mol. The Bertz CT molecular complexity index is 873. The van der Waals surface area contributed by atoms with Gasteiger partial charge in [0.2, 0.25) is 5.91 Å². The summed E-state index contributed by atoms with van der Waals surface area (Å²) < 4.78 is 1.14. The molecule has 5 heteroatoms. The number of hydrogen-bond acceptors (Lipinski definition) is 4. The fourth-order valence-corrected chi connectivity index (χ4v) is 3.86. The number of fused-ring (bicyclic) bond motifs is 1. The van der Waals surface area contributed by atoms with Gasteiger partial charge in [0.15, 0.2) is 5.13 Å². The molecule has 0 unspecified atom stereocenters. The molecule has 136 valence electrons. The zero-order valence-corrected chi connectivity index (χ0v) is 16.4. The van der Waals surface area contributed by atoms with E-state index < -0.39 is 0 Å². The number of hydrogen-bond donors (Lipinski definition) is 0. The smallest absolute Gasteiger partial charge is 0.233 e. The van der Waals surface area contributed by atoms with Crippen molar-refractivity contribution in [2.24, 2.45) is 0 Å². The van der Waals surface area contributed by atoms with Gasteiger partial charge in [-0.3, -0.25) is 9.69 Å². The molecule has 0 aliphatic carbocycles. The summed E-state index contributed by atoms with van der Waals surface area (Å²) in [6.07, 6.45) is 1.39. The number of anilines is 1. The summed E-state index contributed by atoms with van der Waals surface area (Å²) in [6, 6.07) is 16.2. The third-order valence-corrected chi connectivity index (χ3v) is 5.39. The molecule has 0 radical (unpaired) electrons. The third kappa shape index (κ3) is 4.48. The van der Waals surface area contributed by atoms with Crippen molar-refractivity contribution < 1.29 is 4.79 Å². The monoisotopic (exact) mass is 367 g/mol. The molecule has 1 heterocycles. The zero-order valence-electron chi connectivity index (χ0n) is 15.6. The predicted octanol–water partition coefficient (Wildman–Crippen LogP) is 4.00. The first kappa shape index (κ1) is 18.5. The van der Waals surface area contributed by atoms with E-state index >= 15 is 0 Å². The van der Waals surface area contributed by atoms with Crippen molar-refractivity contribution in [3.05, 3.63) is 59.7 Å². The van der Waals surface area contributed by atoms with Crippen molar-refractivity contribution in [2.75, 3.05) is 32.1 Å². The maximum atomic E-state index is 13.0. The first-order valence-corrected chi connectivity index (χ1v) is 9.77. The van der Waals surface area contributed by atoms with Gasteiger partial charge in [-0.05, 0) is 43.8 Å². The minimum atomic E-state index is 0.0906. The second kappa shape index (κ2) is 8.43. The van der Waals surface area contributed by atoms with Crippen LogP contribution < -0.4 is 4.90 Å². The van der Waals surface area contributed by atoms with Gasteiger partial charge < -0.3 is 4.90 Å². The molecule has 0 aliphatic rings. The van der Waals surface area contributed by atoms with Crippen molar-refractivity contribution in [3.8, 4) is 0 Å². The Morgan fingerprint density at radius 2 is 1.81 bits per heavy atom. The van der Waals surface area contributed by atoms with E-state index in [2.05, 4.69) is 30.0 Å². The number of carbonyl (C=O) groups is 1. The second-order valence-electron chi connectivity index (χ2n) is 6.66. The van der Waals surface area contributed by atoms with Gasteiger partial charge in [-0.25, -0.2) is 4.98 Å². The molecule has 26 heavy (non-hydrogen) atoms. The molecular weight excluding hydrogens is 342 g/mol. The highest BCUT2D eigenvalue weighted by Crippen LogP contribution is 2.30. The van der Waals surface area contributed by atoms with Gasteiger partial charge in [0.1, 0.15) is 0 Å². The van der Waals surface area contributed by atoms with Crippen molar-refractivity contribution in [2.45, 2.75) is 19.8 Å². The summed E-state index contributed by atoms with van der Waals surface area (Å²) >= 11 is 1.60. The lowest BCUT2D eigenvalue weighted by Crippen LogP contribution is -2.37. The van der Waals surface area contributed by atoms with E-state index in [-0.39, 0.29) is 5.91 Å². The van der Waals surface area contributed by atoms with Crippen LogP contribution in [0.3, 0.4) is 0 Å². The van der Waals surface area contributed by atoms with Gasteiger partial charge in [0.05, 0.1) is 16.6 Å². The number of likely N-dealkylation sites (N-methyl/N-ethyl adjacent to an activating group) is 1. The molecule has 3 rings (SSSR count). The summed E-state index contributed by atoms with van der Waals surface area (Å²) in [5.74, 6) is 0.0906. The van der Waals surface area contributed by atoms with Crippen LogP contribution in [-0.2, 0) is 17.6 Å². The molecular formula is C21H25N3OS. The minimum Gasteiger partial charge on any atom is -0.308 e. The highest BCUT2D eigenvalue weighted by Gasteiger charge is 2.20. The maximum absolute atomic E-state index is 13.0. The number of thiazole rings is 1. The van der Waals surface area contributed by atoms with Gasteiger partial charge >= 0.3 is 0 Å². The van der Waals surface area contributed by atoms with E-state index in [9.17, 15) is 4.79 Å². The number of aryl methyl sites for hydroxylation is 1. The molecule has 0 atom stereocenters. The Balaban J connectivity index is 1.88. The fourth-order valence-electron chi connectivity index (χ4n) is 2.79. The topological polar surface area (TPSA) is 36.4 Å². The van der Waals surface area contributed by atoms with Crippen LogP contribution in [-0.4, -0.2) is 43.0 Å². The Labute approximate surface area is 159 Å². The van der Waals surface area contributed by atoms with Crippen LogP contribution in [0.1, 0.15) is 18.1 Å². The zero-order chi connectivity index (χ0) is 18.5. The number of carbonyl (C=O) groups excluding carboxylic acids is 1. The van der Waals surface area contributed by atoms with Crippen LogP contribution in [0.4, 0.5) is 5.13 Å². The number of rotatable bonds is 7. The molecule has 0 aliphatic heterocycles. The van der Waals surface area contributed by atoms with Gasteiger partial charge in [0.25, 0.3) is 0 Å². The highest BCUT2D eigenvalue weighted by molar-refractivity contribution is 7.22. The number of amides is 1. The number of benzene rings is 2. The van der Waals surface area contributed by atoms with Crippen LogP contribution in [0.5, 0.6) is 0 Å². The molecule has 2 aromatic carbocycles. The average Bonchev–Trinajstić information content (AvgIpc) is 3.05. The van der Waals surface area contributed by atoms with E-state index in [0.717, 1.165) is 33.9 Å². The van der Waals surface area contributed by atoms with Crippen LogP contribution in [0.15, 0.2) is 48.5 Å². The summed E-state index contributed by atoms with van der Waals surface area (Å²) in [5, 5.41) is 0.788. The van der Waals surface area contributed by atoms with Gasteiger partial charge in [0, 0.05) is 13.1 Å². The first-order chi connectivity index (χ1) is 12.6. The van der Waals surface area contributed by atoms with E-state index in [1.54, 1.807) is 11.3 Å². The Kier molecular flexibility index (Phi) is 6.01. The highest BCUT2D eigenvalue weighted by atomic mass is 32.1. The third-order valence-electron chi connectivity index (χ3n) is 4.35. The van der Waals surface area contributed by atoms with Crippen LogP contribution >= 0.6 is 11.3 Å². The Morgan fingerprint density at radius 1 is 1.04 bits per heavy atom. The van der Waals surface area contributed by atoms with E-state index in [4.69, 9.17) is 4.98 Å². The molecule has 0 bridgehead atoms. The lowest BCUT2D eigenvalue weighted by atomic mass is 10.1. The van der Waals surface area contributed by atoms with E-state index in [1.807, 2.05) is 49.3 Å². The van der Waals surface area contributed by atoms with Crippen molar-refractivity contribution in [1.29, 1.82) is 0 Å². The normalized spacial score (nSPS) is 11.2. The second-order valence-corrected chi connectivity index (χ2v) is 7.67. The maximum Gasteiger partial charge on any atom is 0.233 e. The SMILES string of the molecule is CCc1ccc2nc(N(CCN(C)C)C(=O)Cc3ccccc3)sc2c1. The average molecular weight is 368 g/mol. The summed E-state index contributed by atoms with van der Waals surface area (Å²) in [4.78, 5) is 21.7. The molecule has 0 saturated carbocycles. The standard InChI is InChI=1S/C21H25N3OS/c1-4-16-10-11-18-19(14-16)26-21(22-18)24(13-12-23(2)3)20(25)15-17-8-6-5-7-9-17/h5-11,14H,4,12-13,15H2,1-3H3. The molecule has 4 nitrogen and oxygen atoms in total. The van der Waals surface area contributed by atoms with Gasteiger partial charge in [-0.2, -0.15) is 0 Å². The first-order valence-electron chi connectivity index (χ1n) is 8.95. The molecule has 0 saturated heterocycles. The van der Waals surface area contributed by atoms with Crippen molar-refractivity contribution in [1.82, 2.24) is 9.88 Å². The van der Waals surface area contributed by atoms with Crippen LogP contribution in [0.25, 0.3) is 10.2 Å². The molecule has 0 spiro atoms.